The SMILES string of the molecule is CN1CCCN(CC2CN(C(=O)c3ccc4occc4c3)CC2CO)CC1. The summed E-state index contributed by atoms with van der Waals surface area (Å²) >= 11 is 0. The molecule has 0 saturated carbocycles. The average molecular weight is 371 g/mol. The van der Waals surface area contributed by atoms with E-state index in [2.05, 4.69) is 16.8 Å². The maximum absolute atomic E-state index is 13.0. The molecule has 2 aliphatic rings. The van der Waals surface area contributed by atoms with Crippen LogP contribution in [0.2, 0.25) is 0 Å². The smallest absolute Gasteiger partial charge is 0.253 e. The van der Waals surface area contributed by atoms with E-state index in [1.807, 2.05) is 29.2 Å². The van der Waals surface area contributed by atoms with Gasteiger partial charge in [0, 0.05) is 56.2 Å². The summed E-state index contributed by atoms with van der Waals surface area (Å²) in [5.74, 6) is 0.544. The number of aliphatic hydroxyl groups is 1. The van der Waals surface area contributed by atoms with Gasteiger partial charge in [-0.05, 0) is 56.7 Å². The average Bonchev–Trinajstić information content (AvgIpc) is 3.25. The van der Waals surface area contributed by atoms with Gasteiger partial charge in [-0.1, -0.05) is 0 Å². The Balaban J connectivity index is 1.43. The van der Waals surface area contributed by atoms with Crippen molar-refractivity contribution in [2.24, 2.45) is 11.8 Å². The van der Waals surface area contributed by atoms with Gasteiger partial charge in [0.05, 0.1) is 6.26 Å². The lowest BCUT2D eigenvalue weighted by atomic mass is 9.96. The Morgan fingerprint density at radius 3 is 2.85 bits per heavy atom. The number of likely N-dealkylation sites (tertiary alicyclic amines) is 1. The Labute approximate surface area is 160 Å². The van der Waals surface area contributed by atoms with E-state index in [9.17, 15) is 9.90 Å². The van der Waals surface area contributed by atoms with Crippen molar-refractivity contribution in [3.05, 3.63) is 36.1 Å². The predicted molar refractivity (Wildman–Crippen MR) is 105 cm³/mol. The number of hydrogen-bond donors (Lipinski definition) is 1. The highest BCUT2D eigenvalue weighted by atomic mass is 16.3. The van der Waals surface area contributed by atoms with E-state index in [0.717, 1.165) is 50.2 Å². The van der Waals surface area contributed by atoms with Gasteiger partial charge in [-0.15, -0.1) is 0 Å². The van der Waals surface area contributed by atoms with Gasteiger partial charge in [0.1, 0.15) is 5.58 Å². The van der Waals surface area contributed by atoms with Gasteiger partial charge in [-0.3, -0.25) is 4.79 Å². The van der Waals surface area contributed by atoms with Gasteiger partial charge in [0.25, 0.3) is 5.91 Å². The van der Waals surface area contributed by atoms with Crippen molar-refractivity contribution < 1.29 is 14.3 Å². The molecule has 1 amide bonds. The van der Waals surface area contributed by atoms with Gasteiger partial charge >= 0.3 is 0 Å². The predicted octanol–water partition coefficient (Wildman–Crippen LogP) is 1.75. The summed E-state index contributed by atoms with van der Waals surface area (Å²) in [7, 11) is 2.17. The third-order valence-corrected chi connectivity index (χ3v) is 6.10. The summed E-state index contributed by atoms with van der Waals surface area (Å²) in [4.78, 5) is 19.8. The largest absolute Gasteiger partial charge is 0.464 e. The number of aliphatic hydroxyl groups excluding tert-OH is 1. The number of benzene rings is 1. The van der Waals surface area contributed by atoms with E-state index in [1.54, 1.807) is 6.26 Å². The first kappa shape index (κ1) is 18.5. The van der Waals surface area contributed by atoms with Crippen LogP contribution >= 0.6 is 0 Å². The highest BCUT2D eigenvalue weighted by molar-refractivity contribution is 5.97. The van der Waals surface area contributed by atoms with Gasteiger partial charge < -0.3 is 24.2 Å². The molecule has 6 heteroatoms. The first-order chi connectivity index (χ1) is 13.1. The molecule has 0 aliphatic carbocycles. The van der Waals surface area contributed by atoms with Crippen LogP contribution in [-0.2, 0) is 0 Å². The number of amides is 1. The second-order valence-electron chi connectivity index (χ2n) is 8.04. The van der Waals surface area contributed by atoms with Gasteiger partial charge in [0.15, 0.2) is 0 Å². The molecule has 0 spiro atoms. The minimum absolute atomic E-state index is 0.0506. The molecule has 27 heavy (non-hydrogen) atoms. The first-order valence-corrected chi connectivity index (χ1v) is 9.92. The fourth-order valence-electron chi connectivity index (χ4n) is 4.41. The number of furan rings is 1. The fraction of sp³-hybridized carbons (Fsp3) is 0.571. The van der Waals surface area contributed by atoms with Crippen LogP contribution in [-0.4, -0.2) is 85.2 Å². The van der Waals surface area contributed by atoms with E-state index in [0.29, 0.717) is 18.0 Å². The topological polar surface area (TPSA) is 60.2 Å². The van der Waals surface area contributed by atoms with Crippen LogP contribution in [0.3, 0.4) is 0 Å². The molecule has 6 nitrogen and oxygen atoms in total. The number of rotatable bonds is 4. The van der Waals surface area contributed by atoms with Crippen LogP contribution < -0.4 is 0 Å². The van der Waals surface area contributed by atoms with Crippen LogP contribution in [0.4, 0.5) is 0 Å². The van der Waals surface area contributed by atoms with Crippen LogP contribution in [0, 0.1) is 11.8 Å². The number of nitrogens with zero attached hydrogens (tertiary/aromatic N) is 3. The lowest BCUT2D eigenvalue weighted by Gasteiger charge is -2.26. The third kappa shape index (κ3) is 4.03. The van der Waals surface area contributed by atoms with Gasteiger partial charge in [-0.2, -0.15) is 0 Å². The minimum atomic E-state index is 0.0506. The standard InChI is InChI=1S/C21H29N3O3/c1-22-6-2-7-23(9-8-22)12-18-13-24(14-19(18)15-25)21(26)17-3-4-20-16(11-17)5-10-27-20/h3-5,10-11,18-19,25H,2,6-9,12-15H2,1H3. The van der Waals surface area contributed by atoms with Crippen LogP contribution in [0.15, 0.2) is 34.9 Å². The molecular weight excluding hydrogens is 342 g/mol. The molecule has 146 valence electrons. The second-order valence-corrected chi connectivity index (χ2v) is 8.04. The van der Waals surface area contributed by atoms with Crippen LogP contribution in [0.5, 0.6) is 0 Å². The molecule has 2 unspecified atom stereocenters. The molecule has 4 rings (SSSR count). The van der Waals surface area contributed by atoms with E-state index >= 15 is 0 Å². The quantitative estimate of drug-likeness (QED) is 0.887. The van der Waals surface area contributed by atoms with Crippen molar-refractivity contribution in [2.75, 3.05) is 59.5 Å². The highest BCUT2D eigenvalue weighted by Gasteiger charge is 2.36. The lowest BCUT2D eigenvalue weighted by Crippen LogP contribution is -2.36. The highest BCUT2D eigenvalue weighted by Crippen LogP contribution is 2.27. The maximum atomic E-state index is 13.0. The monoisotopic (exact) mass is 371 g/mol. The Hall–Kier alpha value is -1.89. The van der Waals surface area contributed by atoms with E-state index < -0.39 is 0 Å². The summed E-state index contributed by atoms with van der Waals surface area (Å²) in [5.41, 5.74) is 1.49. The van der Waals surface area contributed by atoms with Crippen molar-refractivity contribution in [3.8, 4) is 0 Å². The Bertz CT molecular complexity index is 790. The molecule has 0 bridgehead atoms. The van der Waals surface area contributed by atoms with E-state index in [-0.39, 0.29) is 18.4 Å². The lowest BCUT2D eigenvalue weighted by molar-refractivity contribution is 0.0779. The fourth-order valence-corrected chi connectivity index (χ4v) is 4.41. The number of likely N-dealkylation sites (N-methyl/N-ethyl adjacent to an activating group) is 1. The zero-order chi connectivity index (χ0) is 18.8. The van der Waals surface area contributed by atoms with Gasteiger partial charge in [-0.25, -0.2) is 0 Å². The van der Waals surface area contributed by atoms with E-state index in [1.165, 1.54) is 6.42 Å². The Morgan fingerprint density at radius 1 is 1.15 bits per heavy atom. The molecule has 1 aromatic heterocycles. The molecule has 1 N–H and O–H groups in total. The van der Waals surface area contributed by atoms with Crippen molar-refractivity contribution in [1.29, 1.82) is 0 Å². The molecule has 2 saturated heterocycles. The molecular formula is C21H29N3O3. The number of fused-ring (bicyclic) bond motifs is 1. The van der Waals surface area contributed by atoms with Crippen LogP contribution in [0.25, 0.3) is 11.0 Å². The summed E-state index contributed by atoms with van der Waals surface area (Å²) in [6.45, 7) is 6.86. The van der Waals surface area contributed by atoms with Crippen LogP contribution in [0.1, 0.15) is 16.8 Å². The summed E-state index contributed by atoms with van der Waals surface area (Å²) in [5, 5.41) is 10.8. The minimum Gasteiger partial charge on any atom is -0.464 e. The third-order valence-electron chi connectivity index (χ3n) is 6.10. The molecule has 2 aliphatic heterocycles. The summed E-state index contributed by atoms with van der Waals surface area (Å²) < 4.78 is 5.37. The second kappa shape index (κ2) is 8.00. The van der Waals surface area contributed by atoms with Crippen molar-refractivity contribution in [3.63, 3.8) is 0 Å². The number of hydrogen-bond acceptors (Lipinski definition) is 5. The van der Waals surface area contributed by atoms with Crippen molar-refractivity contribution in [1.82, 2.24) is 14.7 Å². The van der Waals surface area contributed by atoms with Crippen molar-refractivity contribution >= 4 is 16.9 Å². The van der Waals surface area contributed by atoms with Crippen molar-refractivity contribution in [2.45, 2.75) is 6.42 Å². The molecule has 0 radical (unpaired) electrons. The molecule has 2 fully saturated rings. The van der Waals surface area contributed by atoms with Gasteiger partial charge in [0.2, 0.25) is 0 Å². The first-order valence-electron chi connectivity index (χ1n) is 9.92. The zero-order valence-electron chi connectivity index (χ0n) is 16.0. The Morgan fingerprint density at radius 2 is 2.00 bits per heavy atom. The van der Waals surface area contributed by atoms with E-state index in [4.69, 9.17) is 4.42 Å². The molecule has 3 heterocycles. The zero-order valence-corrected chi connectivity index (χ0v) is 16.0. The maximum Gasteiger partial charge on any atom is 0.253 e. The summed E-state index contributed by atoms with van der Waals surface area (Å²) in [6.07, 6.45) is 2.82. The molecule has 2 atom stereocenters. The number of carbonyl (C=O) groups is 1. The Kier molecular flexibility index (Phi) is 5.48. The number of carbonyl (C=O) groups excluding carboxylic acids is 1. The normalized spacial score (nSPS) is 25.2. The summed E-state index contributed by atoms with van der Waals surface area (Å²) in [6, 6.07) is 7.46. The molecule has 1 aromatic carbocycles. The molecule has 2 aromatic rings.